The first-order valence-corrected chi connectivity index (χ1v) is 4.49. The van der Waals surface area contributed by atoms with Crippen LogP contribution in [0.25, 0.3) is 0 Å². The van der Waals surface area contributed by atoms with Gasteiger partial charge in [-0.05, 0) is 25.1 Å². The largest absolute Gasteiger partial charge is 0.309 e. The Labute approximate surface area is 80.2 Å². The number of benzene rings is 1. The van der Waals surface area contributed by atoms with E-state index in [0.717, 1.165) is 13.0 Å². The third-order valence-corrected chi connectivity index (χ3v) is 1.93. The van der Waals surface area contributed by atoms with Crippen LogP contribution in [-0.4, -0.2) is 13.6 Å². The zero-order valence-corrected chi connectivity index (χ0v) is 8.22. The van der Waals surface area contributed by atoms with Crippen molar-refractivity contribution in [3.63, 3.8) is 0 Å². The molecular weight excluding hydrogens is 158 g/mol. The summed E-state index contributed by atoms with van der Waals surface area (Å²) >= 11 is 0. The van der Waals surface area contributed by atoms with Gasteiger partial charge in [-0.2, -0.15) is 0 Å². The van der Waals surface area contributed by atoms with Gasteiger partial charge in [-0.3, -0.25) is 0 Å². The summed E-state index contributed by atoms with van der Waals surface area (Å²) in [4.78, 5) is 0. The van der Waals surface area contributed by atoms with Crippen LogP contribution in [0.4, 0.5) is 0 Å². The third kappa shape index (κ3) is 3.31. The highest BCUT2D eigenvalue weighted by Crippen LogP contribution is 2.06. The van der Waals surface area contributed by atoms with Crippen molar-refractivity contribution in [2.45, 2.75) is 13.3 Å². The summed E-state index contributed by atoms with van der Waals surface area (Å²) in [5.41, 5.74) is 2.65. The molecule has 68 valence electrons. The van der Waals surface area contributed by atoms with Crippen LogP contribution in [0, 0.1) is 18.8 Å². The third-order valence-electron chi connectivity index (χ3n) is 1.93. The highest BCUT2D eigenvalue weighted by Gasteiger charge is 1.92. The summed E-state index contributed by atoms with van der Waals surface area (Å²) in [5.74, 6) is 6.18. The van der Waals surface area contributed by atoms with E-state index in [9.17, 15) is 0 Å². The van der Waals surface area contributed by atoms with Crippen molar-refractivity contribution >= 4 is 0 Å². The molecule has 0 aromatic heterocycles. The van der Waals surface area contributed by atoms with Crippen LogP contribution in [0.5, 0.6) is 0 Å². The van der Waals surface area contributed by atoms with Crippen molar-refractivity contribution in [2.24, 2.45) is 0 Å². The number of hydrogen-bond donors (Lipinski definition) is 1. The molecule has 0 saturated heterocycles. The van der Waals surface area contributed by atoms with E-state index in [1.54, 1.807) is 0 Å². The summed E-state index contributed by atoms with van der Waals surface area (Å²) < 4.78 is 0. The van der Waals surface area contributed by atoms with Gasteiger partial charge < -0.3 is 5.32 Å². The number of rotatable bonds is 2. The number of aryl methyl sites for hydroxylation is 1. The molecule has 1 nitrogen and oxygen atoms in total. The first-order valence-electron chi connectivity index (χ1n) is 4.49. The summed E-state index contributed by atoms with van der Waals surface area (Å²) in [5, 5.41) is 2.99. The SMILES string of the molecule is CNCC#CCc1ccccc1C. The summed E-state index contributed by atoms with van der Waals surface area (Å²) in [6, 6.07) is 8.36. The maximum Gasteiger partial charge on any atom is 0.0574 e. The van der Waals surface area contributed by atoms with Crippen LogP contribution in [0.3, 0.4) is 0 Å². The van der Waals surface area contributed by atoms with Crippen molar-refractivity contribution in [2.75, 3.05) is 13.6 Å². The predicted molar refractivity (Wildman–Crippen MR) is 56.6 cm³/mol. The maximum atomic E-state index is 3.13. The molecule has 0 unspecified atom stereocenters. The van der Waals surface area contributed by atoms with E-state index in [0.29, 0.717) is 0 Å². The fourth-order valence-electron chi connectivity index (χ4n) is 1.12. The average molecular weight is 173 g/mol. The molecule has 0 bridgehead atoms. The van der Waals surface area contributed by atoms with Gasteiger partial charge in [0.05, 0.1) is 6.54 Å². The fourth-order valence-corrected chi connectivity index (χ4v) is 1.12. The molecule has 1 aromatic carbocycles. The molecule has 0 spiro atoms. The van der Waals surface area contributed by atoms with E-state index < -0.39 is 0 Å². The number of nitrogens with one attached hydrogen (secondary N) is 1. The van der Waals surface area contributed by atoms with Crippen molar-refractivity contribution in [3.8, 4) is 11.8 Å². The smallest absolute Gasteiger partial charge is 0.0574 e. The van der Waals surface area contributed by atoms with Gasteiger partial charge in [0.1, 0.15) is 0 Å². The first kappa shape index (κ1) is 9.83. The minimum absolute atomic E-state index is 0.770. The van der Waals surface area contributed by atoms with Crippen molar-refractivity contribution in [1.82, 2.24) is 5.32 Å². The maximum absolute atomic E-state index is 3.13. The Morgan fingerprint density at radius 1 is 1.23 bits per heavy atom. The molecule has 1 rings (SSSR count). The van der Waals surface area contributed by atoms with E-state index in [-0.39, 0.29) is 0 Å². The molecule has 0 atom stereocenters. The molecule has 0 aliphatic heterocycles. The van der Waals surface area contributed by atoms with E-state index >= 15 is 0 Å². The molecule has 13 heavy (non-hydrogen) atoms. The zero-order valence-electron chi connectivity index (χ0n) is 8.22. The molecule has 0 aliphatic carbocycles. The molecule has 0 radical (unpaired) electrons. The van der Waals surface area contributed by atoms with Gasteiger partial charge in [0, 0.05) is 6.42 Å². The minimum Gasteiger partial charge on any atom is -0.309 e. The van der Waals surface area contributed by atoms with Crippen molar-refractivity contribution in [1.29, 1.82) is 0 Å². The monoisotopic (exact) mass is 173 g/mol. The molecule has 1 heteroatoms. The quantitative estimate of drug-likeness (QED) is 0.672. The second-order valence-electron chi connectivity index (χ2n) is 2.99. The first-order chi connectivity index (χ1) is 6.34. The lowest BCUT2D eigenvalue weighted by Crippen LogP contribution is -2.04. The Bertz CT molecular complexity index is 317. The second kappa shape index (κ2) is 5.40. The fraction of sp³-hybridized carbons (Fsp3) is 0.333. The van der Waals surface area contributed by atoms with Crippen LogP contribution in [0.2, 0.25) is 0 Å². The van der Waals surface area contributed by atoms with Crippen LogP contribution in [-0.2, 0) is 6.42 Å². The lowest BCUT2D eigenvalue weighted by molar-refractivity contribution is 0.937. The lowest BCUT2D eigenvalue weighted by atomic mass is 10.1. The molecule has 0 aliphatic rings. The van der Waals surface area contributed by atoms with Gasteiger partial charge in [-0.15, -0.1) is 0 Å². The van der Waals surface area contributed by atoms with Gasteiger partial charge in [-0.25, -0.2) is 0 Å². The van der Waals surface area contributed by atoms with E-state index in [1.165, 1.54) is 11.1 Å². The van der Waals surface area contributed by atoms with Crippen molar-refractivity contribution in [3.05, 3.63) is 35.4 Å². The van der Waals surface area contributed by atoms with Crippen LogP contribution in [0.1, 0.15) is 11.1 Å². The molecule has 0 heterocycles. The summed E-state index contributed by atoms with van der Waals surface area (Å²) in [6.45, 7) is 2.89. The zero-order chi connectivity index (χ0) is 9.52. The van der Waals surface area contributed by atoms with Gasteiger partial charge in [0.15, 0.2) is 0 Å². The molecular formula is C12H15N. The second-order valence-corrected chi connectivity index (χ2v) is 2.99. The van der Waals surface area contributed by atoms with Gasteiger partial charge in [0.2, 0.25) is 0 Å². The Balaban J connectivity index is 2.56. The van der Waals surface area contributed by atoms with E-state index in [4.69, 9.17) is 0 Å². The topological polar surface area (TPSA) is 12.0 Å². The summed E-state index contributed by atoms with van der Waals surface area (Å²) in [7, 11) is 1.91. The van der Waals surface area contributed by atoms with Crippen LogP contribution in [0.15, 0.2) is 24.3 Å². The Kier molecular flexibility index (Phi) is 4.08. The standard InChI is InChI=1S/C12H15N/c1-11-7-3-4-8-12(11)9-5-6-10-13-2/h3-4,7-8,13H,9-10H2,1-2H3. The van der Waals surface area contributed by atoms with Crippen LogP contribution >= 0.6 is 0 Å². The highest BCUT2D eigenvalue weighted by molar-refractivity contribution is 5.29. The molecule has 1 aromatic rings. The molecule has 0 fully saturated rings. The van der Waals surface area contributed by atoms with Crippen LogP contribution < -0.4 is 5.32 Å². The minimum atomic E-state index is 0.770. The average Bonchev–Trinajstić information content (AvgIpc) is 2.15. The van der Waals surface area contributed by atoms with Gasteiger partial charge in [-0.1, -0.05) is 36.1 Å². The normalized spacial score (nSPS) is 9.08. The van der Waals surface area contributed by atoms with E-state index in [1.807, 2.05) is 7.05 Å². The highest BCUT2D eigenvalue weighted by atomic mass is 14.8. The Hall–Kier alpha value is -1.26. The Morgan fingerprint density at radius 3 is 2.69 bits per heavy atom. The number of hydrogen-bond acceptors (Lipinski definition) is 1. The van der Waals surface area contributed by atoms with Gasteiger partial charge in [0.25, 0.3) is 0 Å². The van der Waals surface area contributed by atoms with Gasteiger partial charge >= 0.3 is 0 Å². The molecule has 0 saturated carbocycles. The summed E-state index contributed by atoms with van der Waals surface area (Å²) in [6.07, 6.45) is 0.856. The van der Waals surface area contributed by atoms with Crippen molar-refractivity contribution < 1.29 is 0 Å². The predicted octanol–water partition coefficient (Wildman–Crippen LogP) is 1.76. The molecule has 0 amide bonds. The Morgan fingerprint density at radius 2 is 2.00 bits per heavy atom. The lowest BCUT2D eigenvalue weighted by Gasteiger charge is -1.98. The molecule has 1 N–H and O–H groups in total. The van der Waals surface area contributed by atoms with E-state index in [2.05, 4.69) is 48.3 Å².